The third-order valence-corrected chi connectivity index (χ3v) is 3.93. The molecule has 1 fully saturated rings. The quantitative estimate of drug-likeness (QED) is 0.863. The smallest absolute Gasteiger partial charge is 0.225 e. The second-order valence-electron chi connectivity index (χ2n) is 5.52. The van der Waals surface area contributed by atoms with Crippen molar-refractivity contribution in [3.05, 3.63) is 30.5 Å². The van der Waals surface area contributed by atoms with Gasteiger partial charge in [-0.3, -0.25) is 4.79 Å². The number of ether oxygens (including phenoxy) is 1. The average molecular weight is 287 g/mol. The van der Waals surface area contributed by atoms with Crippen molar-refractivity contribution in [2.75, 3.05) is 36.5 Å². The van der Waals surface area contributed by atoms with Gasteiger partial charge in [0, 0.05) is 19.5 Å². The van der Waals surface area contributed by atoms with Gasteiger partial charge in [0.25, 0.3) is 0 Å². The van der Waals surface area contributed by atoms with E-state index < -0.39 is 0 Å². The van der Waals surface area contributed by atoms with Crippen molar-refractivity contribution < 1.29 is 9.53 Å². The lowest BCUT2D eigenvalue weighted by Gasteiger charge is -2.27. The first-order chi connectivity index (χ1) is 10.3. The number of hydrogen-bond acceptors (Lipinski definition) is 4. The highest BCUT2D eigenvalue weighted by atomic mass is 16.5. The van der Waals surface area contributed by atoms with Gasteiger partial charge in [-0.1, -0.05) is 12.2 Å². The summed E-state index contributed by atoms with van der Waals surface area (Å²) in [6, 6.07) is 3.87. The minimum absolute atomic E-state index is 0.0625. The molecular weight excluding hydrogens is 266 g/mol. The molecule has 2 heterocycles. The van der Waals surface area contributed by atoms with Gasteiger partial charge in [0.05, 0.1) is 25.1 Å². The Kier molecular flexibility index (Phi) is 4.50. The molecule has 1 unspecified atom stereocenters. The van der Waals surface area contributed by atoms with Gasteiger partial charge >= 0.3 is 0 Å². The molecule has 0 spiro atoms. The van der Waals surface area contributed by atoms with Gasteiger partial charge in [0.15, 0.2) is 0 Å². The van der Waals surface area contributed by atoms with Crippen LogP contribution in [0, 0.1) is 5.92 Å². The maximum Gasteiger partial charge on any atom is 0.225 e. The van der Waals surface area contributed by atoms with E-state index in [0.717, 1.165) is 50.7 Å². The molecule has 1 aliphatic heterocycles. The first-order valence-electron chi connectivity index (χ1n) is 7.56. The standard InChI is InChI=1S/C16H21N3O2/c20-16(11-13-3-1-2-4-13)18-14-5-6-15(17-12-14)19-7-9-21-10-8-19/h1,3,5-6,12-13H,2,4,7-11H2,(H,18,20). The summed E-state index contributed by atoms with van der Waals surface area (Å²) in [6.45, 7) is 3.23. The molecule has 1 saturated heterocycles. The van der Waals surface area contributed by atoms with Crippen LogP contribution in [0.4, 0.5) is 11.5 Å². The lowest BCUT2D eigenvalue weighted by atomic mass is 10.1. The number of anilines is 2. The average Bonchev–Trinajstić information content (AvgIpc) is 3.02. The first-order valence-corrected chi connectivity index (χ1v) is 7.56. The van der Waals surface area contributed by atoms with Crippen molar-refractivity contribution >= 4 is 17.4 Å². The lowest BCUT2D eigenvalue weighted by molar-refractivity contribution is -0.116. The first kappa shape index (κ1) is 14.1. The second kappa shape index (κ2) is 6.72. The zero-order valence-electron chi connectivity index (χ0n) is 12.1. The molecule has 1 N–H and O–H groups in total. The summed E-state index contributed by atoms with van der Waals surface area (Å²) in [5.41, 5.74) is 0.763. The van der Waals surface area contributed by atoms with Crippen molar-refractivity contribution in [2.45, 2.75) is 19.3 Å². The van der Waals surface area contributed by atoms with Gasteiger partial charge < -0.3 is 15.0 Å². The van der Waals surface area contributed by atoms with E-state index >= 15 is 0 Å². The van der Waals surface area contributed by atoms with Crippen LogP contribution in [0.3, 0.4) is 0 Å². The Morgan fingerprint density at radius 2 is 2.24 bits per heavy atom. The molecule has 1 aromatic rings. The fourth-order valence-corrected chi connectivity index (χ4v) is 2.75. The molecule has 0 bridgehead atoms. The molecule has 5 heteroatoms. The molecule has 0 aromatic carbocycles. The Morgan fingerprint density at radius 3 is 2.90 bits per heavy atom. The fraction of sp³-hybridized carbons (Fsp3) is 0.500. The summed E-state index contributed by atoms with van der Waals surface area (Å²) in [5.74, 6) is 1.40. The van der Waals surface area contributed by atoms with Crippen LogP contribution < -0.4 is 10.2 Å². The number of carbonyl (C=O) groups is 1. The molecule has 5 nitrogen and oxygen atoms in total. The molecule has 1 aromatic heterocycles. The van der Waals surface area contributed by atoms with Gasteiger partial charge in [0.2, 0.25) is 5.91 Å². The Bertz CT molecular complexity index is 507. The van der Waals surface area contributed by atoms with Crippen molar-refractivity contribution in [3.8, 4) is 0 Å². The van der Waals surface area contributed by atoms with E-state index in [9.17, 15) is 4.79 Å². The molecule has 1 aliphatic carbocycles. The summed E-state index contributed by atoms with van der Waals surface area (Å²) in [6.07, 6.45) is 8.75. The molecule has 0 saturated carbocycles. The van der Waals surface area contributed by atoms with Gasteiger partial charge in [0.1, 0.15) is 5.82 Å². The maximum absolute atomic E-state index is 12.0. The van der Waals surface area contributed by atoms with Crippen LogP contribution in [-0.2, 0) is 9.53 Å². The fourth-order valence-electron chi connectivity index (χ4n) is 2.75. The largest absolute Gasteiger partial charge is 0.378 e. The molecular formula is C16H21N3O2. The van der Waals surface area contributed by atoms with E-state index in [1.807, 2.05) is 12.1 Å². The summed E-state index contributed by atoms with van der Waals surface area (Å²) in [4.78, 5) is 18.6. The SMILES string of the molecule is O=C(CC1C=CCC1)Nc1ccc(N2CCOCC2)nc1. The van der Waals surface area contributed by atoms with E-state index in [0.29, 0.717) is 12.3 Å². The van der Waals surface area contributed by atoms with Crippen LogP contribution in [0.2, 0.25) is 0 Å². The van der Waals surface area contributed by atoms with Crippen LogP contribution >= 0.6 is 0 Å². The number of pyridine rings is 1. The van der Waals surface area contributed by atoms with Crippen LogP contribution in [0.15, 0.2) is 30.5 Å². The van der Waals surface area contributed by atoms with Gasteiger partial charge in [-0.15, -0.1) is 0 Å². The lowest BCUT2D eigenvalue weighted by Crippen LogP contribution is -2.36. The highest BCUT2D eigenvalue weighted by molar-refractivity contribution is 5.90. The summed E-state index contributed by atoms with van der Waals surface area (Å²) in [7, 11) is 0. The molecule has 2 aliphatic rings. The minimum atomic E-state index is 0.0625. The Balaban J connectivity index is 1.53. The van der Waals surface area contributed by atoms with Crippen molar-refractivity contribution in [3.63, 3.8) is 0 Å². The predicted octanol–water partition coefficient (Wildman–Crippen LogP) is 2.21. The number of nitrogens with one attached hydrogen (secondary N) is 1. The van der Waals surface area contributed by atoms with Crippen LogP contribution in [-0.4, -0.2) is 37.2 Å². The van der Waals surface area contributed by atoms with E-state index in [-0.39, 0.29) is 5.91 Å². The highest BCUT2D eigenvalue weighted by Crippen LogP contribution is 2.21. The predicted molar refractivity (Wildman–Crippen MR) is 82.4 cm³/mol. The van der Waals surface area contributed by atoms with Crippen molar-refractivity contribution in [2.24, 2.45) is 5.92 Å². The molecule has 1 amide bonds. The molecule has 21 heavy (non-hydrogen) atoms. The summed E-state index contributed by atoms with van der Waals surface area (Å²) in [5, 5.41) is 2.92. The van der Waals surface area contributed by atoms with Crippen LogP contribution in [0.1, 0.15) is 19.3 Å². The summed E-state index contributed by atoms with van der Waals surface area (Å²) < 4.78 is 5.33. The van der Waals surface area contributed by atoms with Crippen molar-refractivity contribution in [1.82, 2.24) is 4.98 Å². The van der Waals surface area contributed by atoms with E-state index in [2.05, 4.69) is 27.4 Å². The summed E-state index contributed by atoms with van der Waals surface area (Å²) >= 11 is 0. The number of amides is 1. The molecule has 1 atom stereocenters. The van der Waals surface area contributed by atoms with E-state index in [1.54, 1.807) is 6.20 Å². The molecule has 0 radical (unpaired) electrons. The Hall–Kier alpha value is -1.88. The van der Waals surface area contributed by atoms with Gasteiger partial charge in [-0.05, 0) is 30.9 Å². The maximum atomic E-state index is 12.0. The molecule has 112 valence electrons. The topological polar surface area (TPSA) is 54.5 Å². The third-order valence-electron chi connectivity index (χ3n) is 3.93. The van der Waals surface area contributed by atoms with E-state index in [4.69, 9.17) is 4.74 Å². The zero-order chi connectivity index (χ0) is 14.5. The molecule has 3 rings (SSSR count). The van der Waals surface area contributed by atoms with Gasteiger partial charge in [-0.2, -0.15) is 0 Å². The number of nitrogens with zero attached hydrogens (tertiary/aromatic N) is 2. The van der Waals surface area contributed by atoms with Crippen molar-refractivity contribution in [1.29, 1.82) is 0 Å². The second-order valence-corrected chi connectivity index (χ2v) is 5.52. The van der Waals surface area contributed by atoms with E-state index in [1.165, 1.54) is 0 Å². The number of carbonyl (C=O) groups excluding carboxylic acids is 1. The number of allylic oxidation sites excluding steroid dienone is 2. The third kappa shape index (κ3) is 3.82. The zero-order valence-corrected chi connectivity index (χ0v) is 12.1. The number of aromatic nitrogens is 1. The normalized spacial score (nSPS) is 21.5. The number of hydrogen-bond donors (Lipinski definition) is 1. The number of rotatable bonds is 4. The minimum Gasteiger partial charge on any atom is -0.378 e. The van der Waals surface area contributed by atoms with Gasteiger partial charge in [-0.25, -0.2) is 4.98 Å². The Morgan fingerprint density at radius 1 is 1.38 bits per heavy atom. The Labute approximate surface area is 125 Å². The monoisotopic (exact) mass is 287 g/mol. The van der Waals surface area contributed by atoms with Crippen LogP contribution in [0.5, 0.6) is 0 Å². The highest BCUT2D eigenvalue weighted by Gasteiger charge is 2.15. The number of morpholine rings is 1. The van der Waals surface area contributed by atoms with Crippen LogP contribution in [0.25, 0.3) is 0 Å².